The molecule has 0 aliphatic carbocycles. The maximum Gasteiger partial charge on any atom is 0.336 e. The fraction of sp³-hybridized carbons (Fsp3) is 0. The maximum atomic E-state index is 13.5. The number of hydrogen-bond acceptors (Lipinski definition) is 3. The molecule has 1 aliphatic heterocycles. The number of carbonyl (C=O) groups is 3. The third-order valence-corrected chi connectivity index (χ3v) is 2.63. The van der Waals surface area contributed by atoms with Gasteiger partial charge >= 0.3 is 17.8 Å². The van der Waals surface area contributed by atoms with Crippen molar-refractivity contribution in [2.24, 2.45) is 0 Å². The fourth-order valence-corrected chi connectivity index (χ4v) is 1.94. The normalized spacial score (nSPS) is 15.5. The number of nitrogens with zero attached hydrogens (tertiary/aromatic N) is 1. The Bertz CT molecular complexity index is 538. The lowest BCUT2D eigenvalue weighted by atomic mass is 10.2. The van der Waals surface area contributed by atoms with Gasteiger partial charge in [0.25, 0.3) is 0 Å². The van der Waals surface area contributed by atoms with Gasteiger partial charge in [-0.3, -0.25) is 14.9 Å². The zero-order valence-electron chi connectivity index (χ0n) is 7.96. The zero-order chi connectivity index (χ0) is 12.7. The number of rotatable bonds is 1. The maximum absolute atomic E-state index is 13.5. The lowest BCUT2D eigenvalue weighted by Crippen LogP contribution is -2.32. The molecule has 0 radical (unpaired) electrons. The largest absolute Gasteiger partial charge is 0.336 e. The van der Waals surface area contributed by atoms with Gasteiger partial charge < -0.3 is 0 Å². The first-order valence-corrected chi connectivity index (χ1v) is 5.05. The van der Waals surface area contributed by atoms with Crippen LogP contribution in [0.5, 0.6) is 0 Å². The van der Waals surface area contributed by atoms with E-state index < -0.39 is 35.2 Å². The van der Waals surface area contributed by atoms with Crippen LogP contribution in [0.2, 0.25) is 0 Å². The number of hydrogen-bond donors (Lipinski definition) is 1. The molecule has 0 unspecified atom stereocenters. The molecule has 0 spiro atoms. The number of carbonyl (C=O) groups excluding carboxylic acids is 3. The summed E-state index contributed by atoms with van der Waals surface area (Å²) >= 11 is 2.82. The van der Waals surface area contributed by atoms with E-state index in [1.165, 1.54) is 0 Å². The van der Waals surface area contributed by atoms with Gasteiger partial charge in [-0.15, -0.1) is 0 Å². The SMILES string of the molecule is O=C1NC(=O)N(c2c(F)cc(F)cc2Br)C1=O. The predicted molar refractivity (Wildman–Crippen MR) is 55.1 cm³/mol. The Morgan fingerprint density at radius 1 is 1.18 bits per heavy atom. The minimum atomic E-state index is -1.22. The monoisotopic (exact) mass is 304 g/mol. The molecule has 1 aromatic carbocycles. The van der Waals surface area contributed by atoms with Gasteiger partial charge in [0.1, 0.15) is 11.5 Å². The van der Waals surface area contributed by atoms with Gasteiger partial charge in [-0.25, -0.2) is 18.5 Å². The summed E-state index contributed by atoms with van der Waals surface area (Å²) < 4.78 is 26.2. The third-order valence-electron chi connectivity index (χ3n) is 2.03. The van der Waals surface area contributed by atoms with E-state index in [2.05, 4.69) is 15.9 Å². The van der Waals surface area contributed by atoms with Gasteiger partial charge in [0.05, 0.1) is 0 Å². The number of imide groups is 2. The lowest BCUT2D eigenvalue weighted by Gasteiger charge is -2.14. The van der Waals surface area contributed by atoms with Crippen molar-refractivity contribution >= 4 is 39.5 Å². The number of nitrogens with one attached hydrogen (secondary N) is 1. The Morgan fingerprint density at radius 3 is 2.29 bits per heavy atom. The Hall–Kier alpha value is -1.83. The van der Waals surface area contributed by atoms with Gasteiger partial charge in [0.15, 0.2) is 5.82 Å². The zero-order valence-corrected chi connectivity index (χ0v) is 9.55. The van der Waals surface area contributed by atoms with Crippen LogP contribution in [0.3, 0.4) is 0 Å². The summed E-state index contributed by atoms with van der Waals surface area (Å²) in [6.07, 6.45) is 0. The molecule has 0 atom stereocenters. The molecule has 1 fully saturated rings. The fourth-order valence-electron chi connectivity index (χ4n) is 1.35. The average Bonchev–Trinajstić information content (AvgIpc) is 2.43. The van der Waals surface area contributed by atoms with Crippen LogP contribution in [-0.2, 0) is 9.59 Å². The van der Waals surface area contributed by atoms with Crippen molar-refractivity contribution in [1.29, 1.82) is 0 Å². The average molecular weight is 305 g/mol. The molecular weight excluding hydrogens is 302 g/mol. The molecule has 0 saturated carbocycles. The second-order valence-corrected chi connectivity index (χ2v) is 3.97. The van der Waals surface area contributed by atoms with Gasteiger partial charge in [-0.05, 0) is 22.0 Å². The molecule has 88 valence electrons. The van der Waals surface area contributed by atoms with Crippen LogP contribution in [0.1, 0.15) is 0 Å². The van der Waals surface area contributed by atoms with Crippen LogP contribution in [0.15, 0.2) is 16.6 Å². The third kappa shape index (κ3) is 1.80. The number of urea groups is 1. The molecule has 5 nitrogen and oxygen atoms in total. The molecule has 1 heterocycles. The van der Waals surface area contributed by atoms with Gasteiger partial charge in [0, 0.05) is 10.5 Å². The minimum Gasteiger partial charge on any atom is -0.269 e. The Morgan fingerprint density at radius 2 is 1.82 bits per heavy atom. The van der Waals surface area contributed by atoms with E-state index in [0.717, 1.165) is 6.07 Å². The Kier molecular flexibility index (Phi) is 2.66. The Balaban J connectivity index is 2.59. The van der Waals surface area contributed by atoms with Crippen LogP contribution < -0.4 is 10.2 Å². The standard InChI is InChI=1S/C9H3BrF2N2O3/c10-4-1-3(11)2-5(12)6(4)14-8(16)7(15)13-9(14)17/h1-2H,(H,13,15,17). The summed E-state index contributed by atoms with van der Waals surface area (Å²) in [7, 11) is 0. The second-order valence-electron chi connectivity index (χ2n) is 3.12. The van der Waals surface area contributed by atoms with Crippen LogP contribution >= 0.6 is 15.9 Å². The Labute approximate surface area is 102 Å². The van der Waals surface area contributed by atoms with Crippen molar-refractivity contribution < 1.29 is 23.2 Å². The first kappa shape index (κ1) is 11.6. The van der Waals surface area contributed by atoms with Crippen molar-refractivity contribution in [3.63, 3.8) is 0 Å². The molecule has 0 bridgehead atoms. The van der Waals surface area contributed by atoms with Gasteiger partial charge in [-0.1, -0.05) is 0 Å². The summed E-state index contributed by atoms with van der Waals surface area (Å²) in [5.74, 6) is -4.39. The molecule has 8 heteroatoms. The molecule has 1 aliphatic rings. The summed E-state index contributed by atoms with van der Waals surface area (Å²) in [5.41, 5.74) is -0.500. The van der Waals surface area contributed by atoms with Gasteiger partial charge in [0.2, 0.25) is 0 Å². The lowest BCUT2D eigenvalue weighted by molar-refractivity contribution is -0.134. The number of anilines is 1. The number of amides is 4. The first-order valence-electron chi connectivity index (χ1n) is 4.25. The molecule has 2 rings (SSSR count). The topological polar surface area (TPSA) is 66.5 Å². The van der Waals surface area contributed by atoms with E-state index in [-0.39, 0.29) is 4.47 Å². The highest BCUT2D eigenvalue weighted by Crippen LogP contribution is 2.31. The van der Waals surface area contributed by atoms with E-state index in [4.69, 9.17) is 0 Å². The predicted octanol–water partition coefficient (Wildman–Crippen LogP) is 1.31. The molecule has 1 aromatic rings. The quantitative estimate of drug-likeness (QED) is 0.628. The molecule has 17 heavy (non-hydrogen) atoms. The summed E-state index contributed by atoms with van der Waals surface area (Å²) in [5, 5.41) is 1.70. The van der Waals surface area contributed by atoms with Crippen LogP contribution in [0, 0.1) is 11.6 Å². The van der Waals surface area contributed by atoms with Gasteiger partial charge in [-0.2, -0.15) is 0 Å². The smallest absolute Gasteiger partial charge is 0.269 e. The second kappa shape index (κ2) is 3.88. The van der Waals surface area contributed by atoms with E-state index in [1.54, 1.807) is 5.32 Å². The highest BCUT2D eigenvalue weighted by Gasteiger charge is 2.40. The minimum absolute atomic E-state index is 0.145. The number of halogens is 3. The van der Waals surface area contributed by atoms with Crippen molar-refractivity contribution in [3.8, 4) is 0 Å². The first-order chi connectivity index (χ1) is 7.91. The molecule has 1 saturated heterocycles. The number of benzene rings is 1. The van der Waals surface area contributed by atoms with E-state index in [1.807, 2.05) is 0 Å². The van der Waals surface area contributed by atoms with Crippen LogP contribution in [0.4, 0.5) is 19.3 Å². The molecular formula is C9H3BrF2N2O3. The van der Waals surface area contributed by atoms with E-state index in [0.29, 0.717) is 11.0 Å². The van der Waals surface area contributed by atoms with E-state index in [9.17, 15) is 23.2 Å². The highest BCUT2D eigenvalue weighted by molar-refractivity contribution is 9.10. The van der Waals surface area contributed by atoms with Crippen molar-refractivity contribution in [3.05, 3.63) is 28.2 Å². The van der Waals surface area contributed by atoms with Crippen molar-refractivity contribution in [2.45, 2.75) is 0 Å². The van der Waals surface area contributed by atoms with E-state index >= 15 is 0 Å². The summed E-state index contributed by atoms with van der Waals surface area (Å²) in [6, 6.07) is 0.303. The van der Waals surface area contributed by atoms with Crippen LogP contribution in [-0.4, -0.2) is 17.8 Å². The molecule has 4 amide bonds. The molecule has 1 N–H and O–H groups in total. The van der Waals surface area contributed by atoms with Crippen molar-refractivity contribution in [1.82, 2.24) is 5.32 Å². The highest BCUT2D eigenvalue weighted by atomic mass is 79.9. The van der Waals surface area contributed by atoms with Crippen LogP contribution in [0.25, 0.3) is 0 Å². The van der Waals surface area contributed by atoms with Crippen molar-refractivity contribution in [2.75, 3.05) is 4.90 Å². The summed E-state index contributed by atoms with van der Waals surface area (Å²) in [6.45, 7) is 0. The summed E-state index contributed by atoms with van der Waals surface area (Å²) in [4.78, 5) is 33.8. The molecule has 0 aromatic heterocycles.